The van der Waals surface area contributed by atoms with Crippen molar-refractivity contribution in [2.24, 2.45) is 5.73 Å². The Morgan fingerprint density at radius 2 is 2.31 bits per heavy atom. The summed E-state index contributed by atoms with van der Waals surface area (Å²) in [6, 6.07) is 7.80. The topological polar surface area (TPSA) is 64.3 Å². The van der Waals surface area contributed by atoms with Gasteiger partial charge in [-0.1, -0.05) is 19.1 Å². The molecule has 1 rings (SSSR count). The third kappa shape index (κ3) is 4.79. The number of benzene rings is 1. The first-order chi connectivity index (χ1) is 7.72. The van der Waals surface area contributed by atoms with Crippen LogP contribution >= 0.6 is 0 Å². The lowest BCUT2D eigenvalue weighted by Gasteiger charge is -2.07. The molecule has 0 radical (unpaired) electrons. The Bertz CT molecular complexity index is 340. The van der Waals surface area contributed by atoms with Crippen LogP contribution in [0.25, 0.3) is 0 Å². The van der Waals surface area contributed by atoms with Crippen LogP contribution in [-0.2, 0) is 11.3 Å². The summed E-state index contributed by atoms with van der Waals surface area (Å²) < 4.78 is 5.50. The Morgan fingerprint density at radius 3 is 3.00 bits per heavy atom. The van der Waals surface area contributed by atoms with Gasteiger partial charge in [0.05, 0.1) is 13.2 Å². The van der Waals surface area contributed by atoms with E-state index in [2.05, 4.69) is 12.2 Å². The minimum atomic E-state index is -0.349. The van der Waals surface area contributed by atoms with Crippen LogP contribution in [0.4, 0.5) is 0 Å². The first kappa shape index (κ1) is 12.5. The number of ether oxygens (including phenoxy) is 1. The predicted octanol–water partition coefficient (Wildman–Crippen LogP) is 1.05. The zero-order valence-electron chi connectivity index (χ0n) is 9.53. The first-order valence-electron chi connectivity index (χ1n) is 5.43. The van der Waals surface area contributed by atoms with Crippen molar-refractivity contribution in [3.05, 3.63) is 29.8 Å². The molecular weight excluding hydrogens is 204 g/mol. The summed E-state index contributed by atoms with van der Waals surface area (Å²) in [5, 5.41) is 2.95. The lowest BCUT2D eigenvalue weighted by molar-refractivity contribution is -0.117. The summed E-state index contributed by atoms with van der Waals surface area (Å²) in [5.41, 5.74) is 6.10. The fraction of sp³-hybridized carbons (Fsp3) is 0.417. The highest BCUT2D eigenvalue weighted by molar-refractivity contribution is 5.75. The van der Waals surface area contributed by atoms with Crippen LogP contribution < -0.4 is 15.8 Å². The molecule has 0 spiro atoms. The van der Waals surface area contributed by atoms with E-state index < -0.39 is 0 Å². The molecule has 4 nitrogen and oxygen atoms in total. The van der Waals surface area contributed by atoms with Gasteiger partial charge in [0, 0.05) is 6.54 Å². The van der Waals surface area contributed by atoms with Crippen LogP contribution in [0.1, 0.15) is 18.9 Å². The highest BCUT2D eigenvalue weighted by atomic mass is 16.5. The molecule has 0 saturated carbocycles. The average Bonchev–Trinajstić information content (AvgIpc) is 2.26. The molecule has 0 aliphatic heterocycles. The van der Waals surface area contributed by atoms with E-state index in [0.717, 1.165) is 24.3 Å². The van der Waals surface area contributed by atoms with E-state index in [-0.39, 0.29) is 12.5 Å². The van der Waals surface area contributed by atoms with Crippen molar-refractivity contribution in [3.63, 3.8) is 0 Å². The molecule has 0 saturated heterocycles. The highest BCUT2D eigenvalue weighted by Crippen LogP contribution is 2.13. The van der Waals surface area contributed by atoms with Gasteiger partial charge < -0.3 is 15.8 Å². The smallest absolute Gasteiger partial charge is 0.231 e. The van der Waals surface area contributed by atoms with Crippen molar-refractivity contribution in [1.29, 1.82) is 0 Å². The van der Waals surface area contributed by atoms with Crippen molar-refractivity contribution in [2.75, 3.05) is 13.2 Å². The van der Waals surface area contributed by atoms with E-state index in [1.165, 1.54) is 0 Å². The minimum Gasteiger partial charge on any atom is -0.494 e. The van der Waals surface area contributed by atoms with E-state index in [1.807, 2.05) is 24.3 Å². The molecule has 16 heavy (non-hydrogen) atoms. The van der Waals surface area contributed by atoms with E-state index in [9.17, 15) is 4.79 Å². The Labute approximate surface area is 95.8 Å². The Hall–Kier alpha value is -1.55. The number of nitrogens with two attached hydrogens (primary N) is 1. The second-order valence-corrected chi connectivity index (χ2v) is 3.57. The van der Waals surface area contributed by atoms with Crippen molar-refractivity contribution < 1.29 is 9.53 Å². The van der Waals surface area contributed by atoms with Crippen LogP contribution in [0.3, 0.4) is 0 Å². The first-order valence-corrected chi connectivity index (χ1v) is 5.43. The molecule has 88 valence electrons. The minimum absolute atomic E-state index is 0.194. The summed E-state index contributed by atoms with van der Waals surface area (Å²) in [7, 11) is 0. The van der Waals surface area contributed by atoms with E-state index in [1.54, 1.807) is 0 Å². The van der Waals surface area contributed by atoms with Crippen molar-refractivity contribution in [1.82, 2.24) is 5.32 Å². The molecule has 0 aliphatic rings. The van der Waals surface area contributed by atoms with Gasteiger partial charge in [-0.15, -0.1) is 0 Å². The summed E-state index contributed by atoms with van der Waals surface area (Å²) in [4.78, 5) is 10.5. The zero-order valence-corrected chi connectivity index (χ0v) is 9.53. The molecule has 1 amide bonds. The number of primary amides is 1. The molecule has 0 atom stereocenters. The Morgan fingerprint density at radius 1 is 1.50 bits per heavy atom. The van der Waals surface area contributed by atoms with E-state index >= 15 is 0 Å². The van der Waals surface area contributed by atoms with Crippen LogP contribution in [0.5, 0.6) is 5.75 Å². The van der Waals surface area contributed by atoms with Crippen LogP contribution in [0.2, 0.25) is 0 Å². The highest BCUT2D eigenvalue weighted by Gasteiger charge is 1.98. The van der Waals surface area contributed by atoms with Gasteiger partial charge in [0.2, 0.25) is 5.91 Å². The molecule has 4 heteroatoms. The third-order valence-corrected chi connectivity index (χ3v) is 2.00. The van der Waals surface area contributed by atoms with Crippen molar-refractivity contribution in [3.8, 4) is 5.75 Å². The molecule has 0 aromatic heterocycles. The maximum Gasteiger partial charge on any atom is 0.231 e. The largest absolute Gasteiger partial charge is 0.494 e. The molecule has 1 aromatic rings. The third-order valence-electron chi connectivity index (χ3n) is 2.00. The van der Waals surface area contributed by atoms with E-state index in [0.29, 0.717) is 6.54 Å². The number of carbonyl (C=O) groups excluding carboxylic acids is 1. The SMILES string of the molecule is CCCOc1cccc(CNCC(N)=O)c1. The Balaban J connectivity index is 2.43. The quantitative estimate of drug-likeness (QED) is 0.724. The lowest BCUT2D eigenvalue weighted by atomic mass is 10.2. The second kappa shape index (κ2) is 6.85. The fourth-order valence-corrected chi connectivity index (χ4v) is 1.30. The van der Waals surface area contributed by atoms with Gasteiger partial charge in [-0.3, -0.25) is 4.79 Å². The van der Waals surface area contributed by atoms with Gasteiger partial charge in [-0.05, 0) is 24.1 Å². The maximum atomic E-state index is 10.5. The molecule has 0 aliphatic carbocycles. The van der Waals surface area contributed by atoms with E-state index in [4.69, 9.17) is 10.5 Å². The van der Waals surface area contributed by atoms with Gasteiger partial charge in [-0.25, -0.2) is 0 Å². The van der Waals surface area contributed by atoms with Crippen molar-refractivity contribution >= 4 is 5.91 Å². The molecule has 3 N–H and O–H groups in total. The molecule has 0 heterocycles. The Kier molecular flexibility index (Phi) is 5.36. The number of nitrogens with one attached hydrogen (secondary N) is 1. The number of hydrogen-bond acceptors (Lipinski definition) is 3. The predicted molar refractivity (Wildman–Crippen MR) is 63.1 cm³/mol. The number of amides is 1. The number of hydrogen-bond donors (Lipinski definition) is 2. The van der Waals surface area contributed by atoms with Gasteiger partial charge in [-0.2, -0.15) is 0 Å². The average molecular weight is 222 g/mol. The van der Waals surface area contributed by atoms with Crippen molar-refractivity contribution in [2.45, 2.75) is 19.9 Å². The summed E-state index contributed by atoms with van der Waals surface area (Å²) in [5.74, 6) is 0.513. The molecule has 0 unspecified atom stereocenters. The molecule has 0 fully saturated rings. The molecular formula is C12H18N2O2. The molecule has 0 bridgehead atoms. The van der Waals surface area contributed by atoms with Gasteiger partial charge in [0.25, 0.3) is 0 Å². The van der Waals surface area contributed by atoms with Gasteiger partial charge >= 0.3 is 0 Å². The normalized spacial score (nSPS) is 10.1. The van der Waals surface area contributed by atoms with Gasteiger partial charge in [0.15, 0.2) is 0 Å². The standard InChI is InChI=1S/C12H18N2O2/c1-2-6-16-11-5-3-4-10(7-11)8-14-9-12(13)15/h3-5,7,14H,2,6,8-9H2,1H3,(H2,13,15). The number of rotatable bonds is 7. The van der Waals surface area contributed by atoms with Gasteiger partial charge in [0.1, 0.15) is 5.75 Å². The lowest BCUT2D eigenvalue weighted by Crippen LogP contribution is -2.28. The van der Waals surface area contributed by atoms with Crippen LogP contribution in [0.15, 0.2) is 24.3 Å². The monoisotopic (exact) mass is 222 g/mol. The van der Waals surface area contributed by atoms with Crippen LogP contribution in [-0.4, -0.2) is 19.1 Å². The summed E-state index contributed by atoms with van der Waals surface area (Å²) >= 11 is 0. The molecule has 1 aromatic carbocycles. The maximum absolute atomic E-state index is 10.5. The zero-order chi connectivity index (χ0) is 11.8. The number of carbonyl (C=O) groups is 1. The summed E-state index contributed by atoms with van der Waals surface area (Å²) in [6.07, 6.45) is 0.990. The fourth-order valence-electron chi connectivity index (χ4n) is 1.30. The summed E-state index contributed by atoms with van der Waals surface area (Å²) in [6.45, 7) is 3.60. The second-order valence-electron chi connectivity index (χ2n) is 3.57. The van der Waals surface area contributed by atoms with Crippen LogP contribution in [0, 0.1) is 0 Å².